The van der Waals surface area contributed by atoms with Crippen molar-refractivity contribution in [2.24, 2.45) is 0 Å². The summed E-state index contributed by atoms with van der Waals surface area (Å²) < 4.78 is 10.8. The molecule has 2 aromatic heterocycles. The Morgan fingerprint density at radius 1 is 1.09 bits per heavy atom. The molecule has 0 spiro atoms. The van der Waals surface area contributed by atoms with Gasteiger partial charge in [-0.3, -0.25) is 4.79 Å². The molecule has 168 valence electrons. The first-order chi connectivity index (χ1) is 15.3. The molecule has 12 heteroatoms. The molecule has 32 heavy (non-hydrogen) atoms. The molecule has 0 fully saturated rings. The van der Waals surface area contributed by atoms with Crippen molar-refractivity contribution in [3.63, 3.8) is 0 Å². The quantitative estimate of drug-likeness (QED) is 0.300. The van der Waals surface area contributed by atoms with Gasteiger partial charge in [0.1, 0.15) is 9.88 Å². The average Bonchev–Trinajstić information content (AvgIpc) is 3.31. The first kappa shape index (κ1) is 23.3. The lowest BCUT2D eigenvalue weighted by Crippen LogP contribution is -2.17. The summed E-state index contributed by atoms with van der Waals surface area (Å²) in [4.78, 5) is 36.9. The molecule has 0 unspecified atom stereocenters. The van der Waals surface area contributed by atoms with E-state index in [-0.39, 0.29) is 21.2 Å². The third-order valence-corrected chi connectivity index (χ3v) is 6.60. The molecule has 0 bridgehead atoms. The number of esters is 2. The van der Waals surface area contributed by atoms with E-state index < -0.39 is 17.8 Å². The molecule has 0 aliphatic carbocycles. The molecule has 0 saturated carbocycles. The lowest BCUT2D eigenvalue weighted by atomic mass is 10.1. The maximum atomic E-state index is 12.5. The van der Waals surface area contributed by atoms with Gasteiger partial charge in [0.15, 0.2) is 5.82 Å². The Balaban J connectivity index is 1.74. The number of hydrogen-bond acceptors (Lipinski definition) is 10. The zero-order chi connectivity index (χ0) is 23.4. The number of carbonyl (C=O) groups is 3. The standard InChI is InChI=1S/C20H21N5O5S2/c1-10-5-7-12(8-6-10)16-23-24-20(25(16)21)31-9-13(26)22-17-14(18(27)29-3)11(2)15(32-17)19(28)30-4/h5-8H,9,21H2,1-4H3,(H,22,26). The number of nitrogens with zero attached hydrogens (tertiary/aromatic N) is 3. The van der Waals surface area contributed by atoms with Crippen molar-refractivity contribution < 1.29 is 23.9 Å². The molecule has 10 nitrogen and oxygen atoms in total. The second-order valence-corrected chi connectivity index (χ2v) is 8.59. The predicted molar refractivity (Wildman–Crippen MR) is 121 cm³/mol. The molecule has 0 aliphatic heterocycles. The Morgan fingerprint density at radius 3 is 2.38 bits per heavy atom. The van der Waals surface area contributed by atoms with Crippen LogP contribution in [0, 0.1) is 13.8 Å². The number of nitrogen functional groups attached to an aromatic ring is 1. The summed E-state index contributed by atoms with van der Waals surface area (Å²) in [6.45, 7) is 3.56. The molecule has 3 aromatic rings. The molecule has 3 N–H and O–H groups in total. The van der Waals surface area contributed by atoms with Gasteiger partial charge in [-0.1, -0.05) is 41.6 Å². The lowest BCUT2D eigenvalue weighted by molar-refractivity contribution is -0.113. The molecule has 1 aromatic carbocycles. The van der Waals surface area contributed by atoms with Gasteiger partial charge >= 0.3 is 11.9 Å². The number of ether oxygens (including phenoxy) is 2. The number of amides is 1. The molecule has 3 rings (SSSR count). The number of nitrogens with one attached hydrogen (secondary N) is 1. The van der Waals surface area contributed by atoms with Crippen molar-refractivity contribution in [2.75, 3.05) is 31.1 Å². The summed E-state index contributed by atoms with van der Waals surface area (Å²) in [6, 6.07) is 7.65. The van der Waals surface area contributed by atoms with Crippen LogP contribution in [0.25, 0.3) is 11.4 Å². The Kier molecular flexibility index (Phi) is 7.15. The van der Waals surface area contributed by atoms with Crippen LogP contribution in [0.15, 0.2) is 29.4 Å². The fraction of sp³-hybridized carbons (Fsp3) is 0.250. The van der Waals surface area contributed by atoms with Gasteiger partial charge in [-0.25, -0.2) is 14.3 Å². The lowest BCUT2D eigenvalue weighted by Gasteiger charge is -2.06. The van der Waals surface area contributed by atoms with E-state index in [0.29, 0.717) is 16.5 Å². The zero-order valence-corrected chi connectivity index (χ0v) is 19.4. The van der Waals surface area contributed by atoms with Gasteiger partial charge in [-0.05, 0) is 19.4 Å². The highest BCUT2D eigenvalue weighted by molar-refractivity contribution is 7.99. The second kappa shape index (κ2) is 9.83. The van der Waals surface area contributed by atoms with Crippen molar-refractivity contribution in [1.29, 1.82) is 0 Å². The van der Waals surface area contributed by atoms with Crippen LogP contribution in [-0.4, -0.2) is 52.7 Å². The summed E-state index contributed by atoms with van der Waals surface area (Å²) in [6.07, 6.45) is 0. The van der Waals surface area contributed by atoms with E-state index >= 15 is 0 Å². The largest absolute Gasteiger partial charge is 0.465 e. The van der Waals surface area contributed by atoms with Gasteiger partial charge < -0.3 is 20.6 Å². The maximum Gasteiger partial charge on any atom is 0.348 e. The van der Waals surface area contributed by atoms with Crippen LogP contribution in [0.5, 0.6) is 0 Å². The number of methoxy groups -OCH3 is 2. The highest BCUT2D eigenvalue weighted by Crippen LogP contribution is 2.34. The van der Waals surface area contributed by atoms with Crippen molar-refractivity contribution >= 4 is 45.9 Å². The molecule has 0 saturated heterocycles. The topological polar surface area (TPSA) is 138 Å². The van der Waals surface area contributed by atoms with Crippen LogP contribution in [0.2, 0.25) is 0 Å². The number of thiophene rings is 1. The minimum atomic E-state index is -0.665. The predicted octanol–water partition coefficient (Wildman–Crippen LogP) is 2.64. The summed E-state index contributed by atoms with van der Waals surface area (Å²) in [5.74, 6) is 4.83. The Bertz CT molecular complexity index is 1170. The van der Waals surface area contributed by atoms with Crippen LogP contribution in [-0.2, 0) is 14.3 Å². The molecular weight excluding hydrogens is 454 g/mol. The molecule has 0 aliphatic rings. The first-order valence-corrected chi connectivity index (χ1v) is 11.1. The maximum absolute atomic E-state index is 12.5. The van der Waals surface area contributed by atoms with Gasteiger partial charge in [0.25, 0.3) is 0 Å². The van der Waals surface area contributed by atoms with Gasteiger partial charge in [0.05, 0.1) is 25.5 Å². The number of aromatic nitrogens is 3. The van der Waals surface area contributed by atoms with E-state index in [9.17, 15) is 14.4 Å². The highest BCUT2D eigenvalue weighted by atomic mass is 32.2. The molecule has 0 radical (unpaired) electrons. The summed E-state index contributed by atoms with van der Waals surface area (Å²) >= 11 is 2.03. The number of thioether (sulfide) groups is 1. The number of aryl methyl sites for hydroxylation is 1. The molecular formula is C20H21N5O5S2. The van der Waals surface area contributed by atoms with Gasteiger partial charge in [0, 0.05) is 5.56 Å². The summed E-state index contributed by atoms with van der Waals surface area (Å²) in [7, 11) is 2.46. The fourth-order valence-corrected chi connectivity index (χ4v) is 4.59. The minimum Gasteiger partial charge on any atom is -0.465 e. The summed E-state index contributed by atoms with van der Waals surface area (Å²) in [5.41, 5.74) is 2.39. The Labute approximate surface area is 192 Å². The number of nitrogens with two attached hydrogens (primary N) is 1. The van der Waals surface area contributed by atoms with Crippen molar-refractivity contribution in [2.45, 2.75) is 19.0 Å². The van der Waals surface area contributed by atoms with Crippen LogP contribution < -0.4 is 11.2 Å². The highest BCUT2D eigenvalue weighted by Gasteiger charge is 2.27. The number of rotatable bonds is 7. The van der Waals surface area contributed by atoms with E-state index in [1.165, 1.54) is 18.9 Å². The van der Waals surface area contributed by atoms with Gasteiger partial charge in [-0.15, -0.1) is 21.5 Å². The van der Waals surface area contributed by atoms with Crippen molar-refractivity contribution in [3.05, 3.63) is 45.8 Å². The fourth-order valence-electron chi connectivity index (χ4n) is 2.80. The molecule has 0 atom stereocenters. The third kappa shape index (κ3) is 4.75. The van der Waals surface area contributed by atoms with Crippen LogP contribution in [0.1, 0.15) is 31.2 Å². The number of anilines is 1. The number of hydrogen-bond donors (Lipinski definition) is 2. The normalized spacial score (nSPS) is 10.6. The monoisotopic (exact) mass is 475 g/mol. The number of carbonyl (C=O) groups excluding carboxylic acids is 3. The smallest absolute Gasteiger partial charge is 0.348 e. The van der Waals surface area contributed by atoms with Gasteiger partial charge in [0.2, 0.25) is 11.1 Å². The van der Waals surface area contributed by atoms with Crippen molar-refractivity contribution in [3.8, 4) is 11.4 Å². The van der Waals surface area contributed by atoms with E-state index in [2.05, 4.69) is 15.5 Å². The summed E-state index contributed by atoms with van der Waals surface area (Å²) in [5, 5.41) is 11.3. The van der Waals surface area contributed by atoms with Crippen molar-refractivity contribution in [1.82, 2.24) is 14.9 Å². The first-order valence-electron chi connectivity index (χ1n) is 9.27. The average molecular weight is 476 g/mol. The molecule has 1 amide bonds. The molecule has 2 heterocycles. The zero-order valence-electron chi connectivity index (χ0n) is 17.8. The van der Waals surface area contributed by atoms with E-state index in [4.69, 9.17) is 15.3 Å². The van der Waals surface area contributed by atoms with Crippen LogP contribution in [0.4, 0.5) is 5.00 Å². The van der Waals surface area contributed by atoms with Gasteiger partial charge in [-0.2, -0.15) is 0 Å². The third-order valence-electron chi connectivity index (χ3n) is 4.47. The SMILES string of the molecule is COC(=O)c1sc(NC(=O)CSc2nnc(-c3ccc(C)cc3)n2N)c(C(=O)OC)c1C. The van der Waals surface area contributed by atoms with E-state index in [0.717, 1.165) is 34.2 Å². The van der Waals surface area contributed by atoms with Crippen LogP contribution >= 0.6 is 23.1 Å². The Morgan fingerprint density at radius 2 is 1.75 bits per heavy atom. The Hall–Kier alpha value is -3.38. The number of benzene rings is 1. The minimum absolute atomic E-state index is 0.0473. The second-order valence-electron chi connectivity index (χ2n) is 6.62. The van der Waals surface area contributed by atoms with Crippen LogP contribution in [0.3, 0.4) is 0 Å². The van der Waals surface area contributed by atoms with E-state index in [1.54, 1.807) is 6.92 Å². The van der Waals surface area contributed by atoms with E-state index in [1.807, 2.05) is 31.2 Å².